The molecule has 0 saturated heterocycles. The fourth-order valence-corrected chi connectivity index (χ4v) is 2.27. The second-order valence-electron chi connectivity index (χ2n) is 5.57. The summed E-state index contributed by atoms with van der Waals surface area (Å²) in [5.41, 5.74) is 0.737. The van der Waals surface area contributed by atoms with Crippen LogP contribution >= 0.6 is 0 Å². The number of hydrogen-bond donors (Lipinski definition) is 0. The molecule has 0 bridgehead atoms. The summed E-state index contributed by atoms with van der Waals surface area (Å²) >= 11 is 0. The van der Waals surface area contributed by atoms with E-state index in [-0.39, 0.29) is 11.9 Å². The van der Waals surface area contributed by atoms with Crippen LogP contribution in [0.15, 0.2) is 24.3 Å². The van der Waals surface area contributed by atoms with Crippen LogP contribution < -0.4 is 4.74 Å². The van der Waals surface area contributed by atoms with Gasteiger partial charge in [-0.25, -0.2) is 0 Å². The van der Waals surface area contributed by atoms with Gasteiger partial charge in [-0.1, -0.05) is 39.0 Å². The first-order chi connectivity index (χ1) is 9.63. The van der Waals surface area contributed by atoms with E-state index in [4.69, 9.17) is 4.74 Å². The van der Waals surface area contributed by atoms with Crippen molar-refractivity contribution >= 4 is 5.78 Å². The van der Waals surface area contributed by atoms with Crippen LogP contribution in [-0.4, -0.2) is 11.9 Å². The van der Waals surface area contributed by atoms with E-state index in [1.54, 1.807) is 6.92 Å². The zero-order chi connectivity index (χ0) is 14.8. The van der Waals surface area contributed by atoms with E-state index in [2.05, 4.69) is 13.8 Å². The average molecular weight is 276 g/mol. The Morgan fingerprint density at radius 2 is 1.65 bits per heavy atom. The fraction of sp³-hybridized carbons (Fsp3) is 0.611. The summed E-state index contributed by atoms with van der Waals surface area (Å²) in [4.78, 5) is 11.2. The van der Waals surface area contributed by atoms with Crippen LogP contribution in [0.5, 0.6) is 5.75 Å². The highest BCUT2D eigenvalue weighted by molar-refractivity contribution is 5.94. The average Bonchev–Trinajstić information content (AvgIpc) is 2.43. The number of carbonyl (C=O) groups excluding carboxylic acids is 1. The molecule has 1 unspecified atom stereocenters. The van der Waals surface area contributed by atoms with Gasteiger partial charge >= 0.3 is 0 Å². The molecule has 0 aliphatic heterocycles. The minimum atomic E-state index is 0.0941. The van der Waals surface area contributed by atoms with Crippen LogP contribution in [0.25, 0.3) is 0 Å². The third kappa shape index (κ3) is 6.74. The molecular weight excluding hydrogens is 248 g/mol. The van der Waals surface area contributed by atoms with Crippen molar-refractivity contribution in [2.45, 2.75) is 71.8 Å². The molecule has 0 aliphatic carbocycles. The van der Waals surface area contributed by atoms with Crippen molar-refractivity contribution in [2.75, 3.05) is 0 Å². The molecule has 2 nitrogen and oxygen atoms in total. The number of unbranched alkanes of at least 4 members (excludes halogenated alkanes) is 5. The van der Waals surface area contributed by atoms with Gasteiger partial charge in [0.25, 0.3) is 0 Å². The highest BCUT2D eigenvalue weighted by Crippen LogP contribution is 2.17. The van der Waals surface area contributed by atoms with Crippen LogP contribution in [0, 0.1) is 0 Å². The maximum absolute atomic E-state index is 11.2. The number of hydrogen-bond acceptors (Lipinski definition) is 2. The zero-order valence-corrected chi connectivity index (χ0v) is 13.2. The molecule has 0 heterocycles. The molecule has 0 radical (unpaired) electrons. The van der Waals surface area contributed by atoms with Gasteiger partial charge in [0.2, 0.25) is 0 Å². The Hall–Kier alpha value is -1.31. The van der Waals surface area contributed by atoms with Gasteiger partial charge in [-0.15, -0.1) is 0 Å². The molecule has 112 valence electrons. The zero-order valence-electron chi connectivity index (χ0n) is 13.2. The van der Waals surface area contributed by atoms with Crippen molar-refractivity contribution in [3.63, 3.8) is 0 Å². The molecule has 0 N–H and O–H groups in total. The maximum Gasteiger partial charge on any atom is 0.159 e. The summed E-state index contributed by atoms with van der Waals surface area (Å²) in [5.74, 6) is 0.949. The van der Waals surface area contributed by atoms with E-state index < -0.39 is 0 Å². The van der Waals surface area contributed by atoms with E-state index in [0.29, 0.717) is 0 Å². The number of ether oxygens (including phenoxy) is 1. The molecule has 20 heavy (non-hydrogen) atoms. The molecule has 0 aromatic heterocycles. The van der Waals surface area contributed by atoms with E-state index in [0.717, 1.165) is 17.7 Å². The minimum absolute atomic E-state index is 0.0941. The smallest absolute Gasteiger partial charge is 0.159 e. The predicted molar refractivity (Wildman–Crippen MR) is 84.5 cm³/mol. The van der Waals surface area contributed by atoms with Crippen molar-refractivity contribution < 1.29 is 9.53 Å². The third-order valence-electron chi connectivity index (χ3n) is 3.56. The van der Waals surface area contributed by atoms with Gasteiger partial charge < -0.3 is 4.74 Å². The number of benzene rings is 1. The Bertz CT molecular complexity index is 381. The summed E-state index contributed by atoms with van der Waals surface area (Å²) in [5, 5.41) is 0. The van der Waals surface area contributed by atoms with Crippen LogP contribution in [-0.2, 0) is 0 Å². The summed E-state index contributed by atoms with van der Waals surface area (Å²) in [6, 6.07) is 7.42. The Morgan fingerprint density at radius 3 is 2.25 bits per heavy atom. The topological polar surface area (TPSA) is 26.3 Å². The molecule has 1 rings (SSSR count). The lowest BCUT2D eigenvalue weighted by Crippen LogP contribution is -2.11. The standard InChI is InChI=1S/C18H28O2/c1-4-5-6-7-8-9-10-15(2)20-18-13-11-17(12-14-18)16(3)19/h11-15H,4-10H2,1-3H3. The molecule has 0 saturated carbocycles. The first kappa shape index (κ1) is 16.7. The quantitative estimate of drug-likeness (QED) is 0.422. The Labute approximate surface area is 123 Å². The molecule has 0 amide bonds. The van der Waals surface area contributed by atoms with Crippen molar-refractivity contribution in [2.24, 2.45) is 0 Å². The lowest BCUT2D eigenvalue weighted by atomic mass is 10.1. The Kier molecular flexibility index (Phi) is 8.01. The van der Waals surface area contributed by atoms with Crippen molar-refractivity contribution in [3.05, 3.63) is 29.8 Å². The molecule has 1 aromatic carbocycles. The highest BCUT2D eigenvalue weighted by atomic mass is 16.5. The van der Waals surface area contributed by atoms with Crippen LogP contribution in [0.4, 0.5) is 0 Å². The normalized spacial score (nSPS) is 12.2. The molecular formula is C18H28O2. The SMILES string of the molecule is CCCCCCCCC(C)Oc1ccc(C(C)=O)cc1. The predicted octanol–water partition coefficient (Wildman–Crippen LogP) is 5.41. The molecule has 1 atom stereocenters. The van der Waals surface area contributed by atoms with Gasteiger partial charge in [-0.2, -0.15) is 0 Å². The molecule has 1 aromatic rings. The lowest BCUT2D eigenvalue weighted by molar-refractivity contribution is 0.101. The monoisotopic (exact) mass is 276 g/mol. The molecule has 0 fully saturated rings. The number of ketones is 1. The highest BCUT2D eigenvalue weighted by Gasteiger charge is 2.05. The van der Waals surface area contributed by atoms with E-state index in [9.17, 15) is 4.79 Å². The van der Waals surface area contributed by atoms with Crippen molar-refractivity contribution in [1.82, 2.24) is 0 Å². The van der Waals surface area contributed by atoms with Gasteiger partial charge in [0, 0.05) is 5.56 Å². The Balaban J connectivity index is 2.21. The third-order valence-corrected chi connectivity index (χ3v) is 3.56. The van der Waals surface area contributed by atoms with E-state index in [1.807, 2.05) is 24.3 Å². The van der Waals surface area contributed by atoms with E-state index in [1.165, 1.54) is 38.5 Å². The summed E-state index contributed by atoms with van der Waals surface area (Å²) in [6.07, 6.45) is 9.23. The number of rotatable bonds is 10. The van der Waals surface area contributed by atoms with Crippen LogP contribution in [0.3, 0.4) is 0 Å². The number of Topliss-reactive ketones (excluding diaryl/α,β-unsaturated/α-hetero) is 1. The first-order valence-electron chi connectivity index (χ1n) is 7.91. The largest absolute Gasteiger partial charge is 0.491 e. The maximum atomic E-state index is 11.2. The van der Waals surface area contributed by atoms with Gasteiger partial charge in [-0.3, -0.25) is 4.79 Å². The minimum Gasteiger partial charge on any atom is -0.491 e. The van der Waals surface area contributed by atoms with Gasteiger partial charge in [0.1, 0.15) is 5.75 Å². The van der Waals surface area contributed by atoms with Crippen molar-refractivity contribution in [3.8, 4) is 5.75 Å². The summed E-state index contributed by atoms with van der Waals surface area (Å²) in [6.45, 7) is 5.94. The lowest BCUT2D eigenvalue weighted by Gasteiger charge is -2.14. The Morgan fingerprint density at radius 1 is 1.05 bits per heavy atom. The molecule has 2 heteroatoms. The van der Waals surface area contributed by atoms with Crippen LogP contribution in [0.1, 0.15) is 76.1 Å². The second-order valence-corrected chi connectivity index (χ2v) is 5.57. The van der Waals surface area contributed by atoms with E-state index >= 15 is 0 Å². The summed E-state index contributed by atoms with van der Waals surface area (Å²) < 4.78 is 5.87. The van der Waals surface area contributed by atoms with Gasteiger partial charge in [-0.05, 0) is 51.0 Å². The summed E-state index contributed by atoms with van der Waals surface area (Å²) in [7, 11) is 0. The van der Waals surface area contributed by atoms with Crippen molar-refractivity contribution in [1.29, 1.82) is 0 Å². The van der Waals surface area contributed by atoms with Gasteiger partial charge in [0.05, 0.1) is 6.10 Å². The molecule has 0 spiro atoms. The fourth-order valence-electron chi connectivity index (χ4n) is 2.27. The van der Waals surface area contributed by atoms with Gasteiger partial charge in [0.15, 0.2) is 5.78 Å². The second kappa shape index (κ2) is 9.57. The van der Waals surface area contributed by atoms with Crippen LogP contribution in [0.2, 0.25) is 0 Å². The molecule has 0 aliphatic rings. The number of carbonyl (C=O) groups is 1. The first-order valence-corrected chi connectivity index (χ1v) is 7.91.